The van der Waals surface area contributed by atoms with E-state index in [1.165, 1.54) is 6.07 Å². The monoisotopic (exact) mass is 209 g/mol. The van der Waals surface area contributed by atoms with Crippen molar-refractivity contribution in [1.29, 1.82) is 0 Å². The molecule has 0 fully saturated rings. The van der Waals surface area contributed by atoms with Gasteiger partial charge in [0.1, 0.15) is 5.82 Å². The molecule has 0 bridgehead atoms. The van der Waals surface area contributed by atoms with Crippen LogP contribution in [0.2, 0.25) is 0 Å². The minimum absolute atomic E-state index is 0.0824. The molecule has 0 aromatic heterocycles. The van der Waals surface area contributed by atoms with E-state index in [2.05, 4.69) is 19.2 Å². The lowest BCUT2D eigenvalue weighted by Gasteiger charge is -2.19. The number of hydrogen-bond donors (Lipinski definition) is 1. The fourth-order valence-electron chi connectivity index (χ4n) is 1.74. The van der Waals surface area contributed by atoms with Crippen molar-refractivity contribution in [2.75, 3.05) is 13.6 Å². The Balaban J connectivity index is 2.58. The number of halogens is 1. The molecule has 0 aliphatic rings. The summed E-state index contributed by atoms with van der Waals surface area (Å²) in [5.41, 5.74) is 0.827. The first-order valence-electron chi connectivity index (χ1n) is 5.53. The van der Waals surface area contributed by atoms with Gasteiger partial charge >= 0.3 is 0 Å². The predicted molar refractivity (Wildman–Crippen MR) is 62.4 cm³/mol. The summed E-state index contributed by atoms with van der Waals surface area (Å²) in [7, 11) is 1.95. The molecule has 0 aliphatic heterocycles. The third kappa shape index (κ3) is 3.63. The number of benzene rings is 1. The molecule has 2 heteroatoms. The summed E-state index contributed by atoms with van der Waals surface area (Å²) in [6, 6.07) is 7.04. The standard InChI is InChI=1S/C13H20FN/c1-10(11(2)9-15-3)8-12-6-4-5-7-13(12)14/h4-7,10-11,15H,8-9H2,1-3H3. The molecule has 2 atom stereocenters. The van der Waals surface area contributed by atoms with E-state index in [-0.39, 0.29) is 5.82 Å². The number of rotatable bonds is 5. The van der Waals surface area contributed by atoms with E-state index >= 15 is 0 Å². The lowest BCUT2D eigenvalue weighted by atomic mass is 9.89. The normalized spacial score (nSPS) is 14.9. The van der Waals surface area contributed by atoms with Gasteiger partial charge in [-0.1, -0.05) is 32.0 Å². The SMILES string of the molecule is CNCC(C)C(C)Cc1ccccc1F. The third-order valence-electron chi connectivity index (χ3n) is 3.00. The summed E-state index contributed by atoms with van der Waals surface area (Å²) in [6.07, 6.45) is 0.815. The summed E-state index contributed by atoms with van der Waals surface area (Å²) < 4.78 is 13.4. The highest BCUT2D eigenvalue weighted by Gasteiger charge is 2.13. The van der Waals surface area contributed by atoms with Crippen LogP contribution in [-0.2, 0) is 6.42 Å². The summed E-state index contributed by atoms with van der Waals surface area (Å²) in [5, 5.41) is 3.16. The smallest absolute Gasteiger partial charge is 0.126 e. The minimum atomic E-state index is -0.0824. The van der Waals surface area contributed by atoms with Gasteiger partial charge in [0.25, 0.3) is 0 Å². The quantitative estimate of drug-likeness (QED) is 0.786. The summed E-state index contributed by atoms with van der Waals surface area (Å²) in [6.45, 7) is 5.35. The molecule has 0 aliphatic carbocycles. The Hall–Kier alpha value is -0.890. The summed E-state index contributed by atoms with van der Waals surface area (Å²) in [4.78, 5) is 0. The fraction of sp³-hybridized carbons (Fsp3) is 0.538. The maximum absolute atomic E-state index is 13.4. The van der Waals surface area contributed by atoms with Crippen molar-refractivity contribution >= 4 is 0 Å². The maximum atomic E-state index is 13.4. The maximum Gasteiger partial charge on any atom is 0.126 e. The highest BCUT2D eigenvalue weighted by atomic mass is 19.1. The van der Waals surface area contributed by atoms with Gasteiger partial charge in [-0.15, -0.1) is 0 Å². The molecule has 0 saturated heterocycles. The van der Waals surface area contributed by atoms with Gasteiger partial charge in [-0.2, -0.15) is 0 Å². The second-order valence-electron chi connectivity index (χ2n) is 4.31. The Morgan fingerprint density at radius 1 is 1.20 bits per heavy atom. The van der Waals surface area contributed by atoms with Crippen LogP contribution in [0.25, 0.3) is 0 Å². The molecule has 1 aromatic carbocycles. The Kier molecular flexibility index (Phi) is 4.76. The van der Waals surface area contributed by atoms with Gasteiger partial charge in [-0.05, 0) is 43.5 Å². The topological polar surface area (TPSA) is 12.0 Å². The van der Waals surface area contributed by atoms with Crippen LogP contribution in [-0.4, -0.2) is 13.6 Å². The van der Waals surface area contributed by atoms with Crippen molar-refractivity contribution < 1.29 is 4.39 Å². The molecule has 15 heavy (non-hydrogen) atoms. The minimum Gasteiger partial charge on any atom is -0.319 e. The number of nitrogens with one attached hydrogen (secondary N) is 1. The van der Waals surface area contributed by atoms with Crippen molar-refractivity contribution in [2.45, 2.75) is 20.3 Å². The third-order valence-corrected chi connectivity index (χ3v) is 3.00. The molecule has 1 aromatic rings. The average molecular weight is 209 g/mol. The van der Waals surface area contributed by atoms with Gasteiger partial charge in [0.15, 0.2) is 0 Å². The van der Waals surface area contributed by atoms with Crippen molar-refractivity contribution in [3.63, 3.8) is 0 Å². The molecule has 2 unspecified atom stereocenters. The van der Waals surface area contributed by atoms with Crippen molar-refractivity contribution in [2.24, 2.45) is 11.8 Å². The first kappa shape index (κ1) is 12.2. The van der Waals surface area contributed by atoms with Crippen LogP contribution in [0, 0.1) is 17.7 Å². The van der Waals surface area contributed by atoms with E-state index in [0.717, 1.165) is 18.5 Å². The van der Waals surface area contributed by atoms with Gasteiger partial charge in [0.05, 0.1) is 0 Å². The van der Waals surface area contributed by atoms with E-state index in [4.69, 9.17) is 0 Å². The average Bonchev–Trinajstić information content (AvgIpc) is 2.21. The van der Waals surface area contributed by atoms with E-state index in [1.807, 2.05) is 19.2 Å². The Morgan fingerprint density at radius 3 is 2.47 bits per heavy atom. The molecule has 1 nitrogen and oxygen atoms in total. The second-order valence-corrected chi connectivity index (χ2v) is 4.31. The van der Waals surface area contributed by atoms with Crippen molar-refractivity contribution in [3.8, 4) is 0 Å². The highest BCUT2D eigenvalue weighted by molar-refractivity contribution is 5.17. The van der Waals surface area contributed by atoms with Gasteiger partial charge < -0.3 is 5.32 Å². The molecule has 0 saturated carbocycles. The molecule has 0 amide bonds. The van der Waals surface area contributed by atoms with Crippen LogP contribution >= 0.6 is 0 Å². The molecule has 84 valence electrons. The Labute approximate surface area is 91.7 Å². The first-order chi connectivity index (χ1) is 7.15. The second kappa shape index (κ2) is 5.86. The molecular formula is C13H20FN. The lowest BCUT2D eigenvalue weighted by molar-refractivity contribution is 0.370. The number of hydrogen-bond acceptors (Lipinski definition) is 1. The molecule has 1 N–H and O–H groups in total. The fourth-order valence-corrected chi connectivity index (χ4v) is 1.74. The van der Waals surface area contributed by atoms with E-state index in [0.29, 0.717) is 11.8 Å². The van der Waals surface area contributed by atoms with Crippen LogP contribution < -0.4 is 5.32 Å². The molecule has 0 spiro atoms. The Morgan fingerprint density at radius 2 is 1.87 bits per heavy atom. The summed E-state index contributed by atoms with van der Waals surface area (Å²) >= 11 is 0. The van der Waals surface area contributed by atoms with E-state index in [1.54, 1.807) is 6.07 Å². The van der Waals surface area contributed by atoms with E-state index in [9.17, 15) is 4.39 Å². The molecule has 0 heterocycles. The van der Waals surface area contributed by atoms with Gasteiger partial charge in [0.2, 0.25) is 0 Å². The zero-order valence-corrected chi connectivity index (χ0v) is 9.76. The van der Waals surface area contributed by atoms with Crippen molar-refractivity contribution in [1.82, 2.24) is 5.32 Å². The zero-order valence-electron chi connectivity index (χ0n) is 9.76. The van der Waals surface area contributed by atoms with Gasteiger partial charge in [-0.25, -0.2) is 4.39 Å². The van der Waals surface area contributed by atoms with Crippen LogP contribution in [0.1, 0.15) is 19.4 Å². The predicted octanol–water partition coefficient (Wildman–Crippen LogP) is 2.86. The first-order valence-corrected chi connectivity index (χ1v) is 5.53. The largest absolute Gasteiger partial charge is 0.319 e. The Bertz CT molecular complexity index is 298. The van der Waals surface area contributed by atoms with Crippen LogP contribution in [0.4, 0.5) is 4.39 Å². The van der Waals surface area contributed by atoms with Crippen molar-refractivity contribution in [3.05, 3.63) is 35.6 Å². The zero-order chi connectivity index (χ0) is 11.3. The lowest BCUT2D eigenvalue weighted by Crippen LogP contribution is -2.23. The highest BCUT2D eigenvalue weighted by Crippen LogP contribution is 2.18. The molecular weight excluding hydrogens is 189 g/mol. The van der Waals surface area contributed by atoms with Gasteiger partial charge in [-0.3, -0.25) is 0 Å². The summed E-state index contributed by atoms with van der Waals surface area (Å²) in [5.74, 6) is 0.977. The van der Waals surface area contributed by atoms with Crippen LogP contribution in [0.15, 0.2) is 24.3 Å². The van der Waals surface area contributed by atoms with Crippen LogP contribution in [0.5, 0.6) is 0 Å². The van der Waals surface area contributed by atoms with E-state index < -0.39 is 0 Å². The van der Waals surface area contributed by atoms with Gasteiger partial charge in [0, 0.05) is 0 Å². The molecule has 0 radical (unpaired) electrons. The van der Waals surface area contributed by atoms with Crippen LogP contribution in [0.3, 0.4) is 0 Å². The molecule has 1 rings (SSSR count).